The zero-order valence-corrected chi connectivity index (χ0v) is 7.43. The summed E-state index contributed by atoms with van der Waals surface area (Å²) in [5.41, 5.74) is 3.76. The second-order valence-electron chi connectivity index (χ2n) is 2.82. The van der Waals surface area contributed by atoms with E-state index in [1.54, 1.807) is 18.5 Å². The molecule has 0 atom stereocenters. The third kappa shape index (κ3) is 1.73. The lowest BCUT2D eigenvalue weighted by Gasteiger charge is -2.24. The lowest BCUT2D eigenvalue weighted by Crippen LogP contribution is -2.43. The van der Waals surface area contributed by atoms with Gasteiger partial charge in [0.1, 0.15) is 13.4 Å². The first-order chi connectivity index (χ1) is 6.40. The normalized spacial score (nSPS) is 25.6. The maximum Gasteiger partial charge on any atom is 0.132 e. The molecule has 2 aliphatic rings. The van der Waals surface area contributed by atoms with E-state index in [-0.39, 0.29) is 0 Å². The number of hydrogen-bond donors (Lipinski definition) is 1. The van der Waals surface area contributed by atoms with E-state index in [1.165, 1.54) is 0 Å². The Hall–Kier alpha value is -1.27. The number of hydrazine groups is 2. The molecule has 2 rings (SSSR count). The zero-order chi connectivity index (χ0) is 9.10. The van der Waals surface area contributed by atoms with E-state index in [4.69, 9.17) is 9.68 Å². The van der Waals surface area contributed by atoms with E-state index >= 15 is 0 Å². The first-order valence-electron chi connectivity index (χ1n) is 4.11. The summed E-state index contributed by atoms with van der Waals surface area (Å²) in [6.45, 7) is 1.69. The van der Waals surface area contributed by atoms with Crippen molar-refractivity contribution >= 4 is 5.71 Å². The lowest BCUT2D eigenvalue weighted by molar-refractivity contribution is -0.0882. The van der Waals surface area contributed by atoms with Crippen LogP contribution in [0.25, 0.3) is 0 Å². The average Bonchev–Trinajstić information content (AvgIpc) is 2.70. The molecule has 6 heteroatoms. The molecule has 13 heavy (non-hydrogen) atoms. The van der Waals surface area contributed by atoms with E-state index < -0.39 is 0 Å². The van der Waals surface area contributed by atoms with E-state index in [0.717, 1.165) is 25.2 Å². The minimum Gasteiger partial charge on any atom is -0.399 e. The molecule has 0 spiro atoms. The third-order valence-electron chi connectivity index (χ3n) is 1.96. The van der Waals surface area contributed by atoms with Crippen LogP contribution in [0.15, 0.2) is 17.6 Å². The molecule has 2 heterocycles. The summed E-state index contributed by atoms with van der Waals surface area (Å²) in [6.07, 6.45) is 4.33. The minimum atomic E-state index is 0.772. The van der Waals surface area contributed by atoms with Crippen molar-refractivity contribution in [1.82, 2.24) is 15.7 Å². The molecule has 0 aliphatic carbocycles. The average molecular weight is 184 g/mol. The van der Waals surface area contributed by atoms with E-state index in [9.17, 15) is 0 Å². The van der Waals surface area contributed by atoms with Crippen LogP contribution in [0.3, 0.4) is 0 Å². The van der Waals surface area contributed by atoms with Gasteiger partial charge in [0.15, 0.2) is 0 Å². The van der Waals surface area contributed by atoms with Crippen LogP contribution in [0, 0.1) is 0 Å². The molecule has 0 amide bonds. The van der Waals surface area contributed by atoms with Gasteiger partial charge in [0.2, 0.25) is 0 Å². The van der Waals surface area contributed by atoms with Crippen LogP contribution in [0.1, 0.15) is 6.42 Å². The molecule has 0 radical (unpaired) electrons. The Morgan fingerprint density at radius 3 is 3.31 bits per heavy atom. The van der Waals surface area contributed by atoms with Gasteiger partial charge in [0.25, 0.3) is 0 Å². The molecule has 72 valence electrons. The number of nitrogens with zero attached hydrogens (tertiary/aromatic N) is 3. The highest BCUT2D eigenvalue weighted by atomic mass is 16.7. The quantitative estimate of drug-likeness (QED) is 0.604. The molecule has 0 unspecified atom stereocenters. The summed E-state index contributed by atoms with van der Waals surface area (Å²) in [5.74, 6) is 0. The molecule has 0 aromatic carbocycles. The standard InChI is InChI=1S/C7H12N4O2/c1-12-8-7-2-3-10(6-7)11-4-5-13-9-11/h4-5,9H,2-3,6H2,1H3. The number of nitrogens with one attached hydrogen (secondary N) is 1. The largest absolute Gasteiger partial charge is 0.399 e. The number of hydrogen-bond acceptors (Lipinski definition) is 6. The maximum atomic E-state index is 4.85. The van der Waals surface area contributed by atoms with Gasteiger partial charge in [-0.05, 0) is 0 Å². The van der Waals surface area contributed by atoms with Crippen LogP contribution < -0.4 is 5.59 Å². The molecule has 1 N–H and O–H groups in total. The SMILES string of the molecule is CON=C1CCN(N2C=CON2)C1. The smallest absolute Gasteiger partial charge is 0.132 e. The van der Waals surface area contributed by atoms with Crippen molar-refractivity contribution in [3.05, 3.63) is 12.5 Å². The Morgan fingerprint density at radius 2 is 2.62 bits per heavy atom. The Balaban J connectivity index is 1.90. The first kappa shape index (κ1) is 8.33. The fourth-order valence-corrected chi connectivity index (χ4v) is 1.37. The van der Waals surface area contributed by atoms with Crippen molar-refractivity contribution in [2.24, 2.45) is 5.16 Å². The van der Waals surface area contributed by atoms with Gasteiger partial charge in [-0.25, -0.2) is 5.12 Å². The molecule has 1 fully saturated rings. The van der Waals surface area contributed by atoms with Crippen molar-refractivity contribution < 1.29 is 9.68 Å². The first-order valence-corrected chi connectivity index (χ1v) is 4.11. The van der Waals surface area contributed by atoms with Gasteiger partial charge in [-0.1, -0.05) is 10.7 Å². The van der Waals surface area contributed by atoms with Crippen molar-refractivity contribution in [2.75, 3.05) is 20.2 Å². The second-order valence-corrected chi connectivity index (χ2v) is 2.82. The van der Waals surface area contributed by atoms with Crippen molar-refractivity contribution in [3.63, 3.8) is 0 Å². The van der Waals surface area contributed by atoms with Crippen molar-refractivity contribution in [3.8, 4) is 0 Å². The second kappa shape index (κ2) is 3.63. The van der Waals surface area contributed by atoms with E-state index in [2.05, 4.69) is 15.8 Å². The summed E-state index contributed by atoms with van der Waals surface area (Å²) >= 11 is 0. The highest BCUT2D eigenvalue weighted by Gasteiger charge is 2.24. The maximum absolute atomic E-state index is 4.85. The summed E-state index contributed by atoms with van der Waals surface area (Å²) in [4.78, 5) is 9.56. The summed E-state index contributed by atoms with van der Waals surface area (Å²) in [6, 6.07) is 0. The molecule has 0 aromatic heterocycles. The van der Waals surface area contributed by atoms with Crippen molar-refractivity contribution in [2.45, 2.75) is 6.42 Å². The van der Waals surface area contributed by atoms with E-state index in [1.807, 2.05) is 6.20 Å². The molecule has 0 saturated carbocycles. The summed E-state index contributed by atoms with van der Waals surface area (Å²) in [5, 5.41) is 7.76. The Labute approximate surface area is 76.3 Å². The molecular formula is C7H12N4O2. The Kier molecular flexibility index (Phi) is 2.33. The van der Waals surface area contributed by atoms with Gasteiger partial charge in [-0.3, -0.25) is 0 Å². The Morgan fingerprint density at radius 1 is 1.69 bits per heavy atom. The highest BCUT2D eigenvalue weighted by Crippen LogP contribution is 2.10. The monoisotopic (exact) mass is 184 g/mol. The predicted octanol–water partition coefficient (Wildman–Crippen LogP) is -0.167. The minimum absolute atomic E-state index is 0.772. The van der Waals surface area contributed by atoms with Crippen molar-refractivity contribution in [1.29, 1.82) is 0 Å². The van der Waals surface area contributed by atoms with Crippen LogP contribution in [-0.4, -0.2) is 36.0 Å². The lowest BCUT2D eigenvalue weighted by atomic mass is 10.3. The van der Waals surface area contributed by atoms with E-state index in [0.29, 0.717) is 0 Å². The third-order valence-corrected chi connectivity index (χ3v) is 1.96. The molecule has 1 saturated heterocycles. The highest BCUT2D eigenvalue weighted by molar-refractivity contribution is 5.87. The fraction of sp³-hybridized carbons (Fsp3) is 0.571. The molecule has 0 aromatic rings. The molecule has 6 nitrogen and oxygen atoms in total. The number of rotatable bonds is 2. The van der Waals surface area contributed by atoms with Crippen LogP contribution in [0.4, 0.5) is 0 Å². The van der Waals surface area contributed by atoms with Crippen LogP contribution in [0.5, 0.6) is 0 Å². The Bertz CT molecular complexity index is 241. The van der Waals surface area contributed by atoms with Gasteiger partial charge >= 0.3 is 0 Å². The zero-order valence-electron chi connectivity index (χ0n) is 7.43. The predicted molar refractivity (Wildman–Crippen MR) is 45.8 cm³/mol. The molecule has 2 aliphatic heterocycles. The van der Waals surface area contributed by atoms with Crippen LogP contribution >= 0.6 is 0 Å². The number of oxime groups is 1. The summed E-state index contributed by atoms with van der Waals surface area (Å²) < 4.78 is 0. The van der Waals surface area contributed by atoms with Gasteiger partial charge in [0, 0.05) is 13.0 Å². The van der Waals surface area contributed by atoms with Crippen LogP contribution in [-0.2, 0) is 9.68 Å². The fourth-order valence-electron chi connectivity index (χ4n) is 1.37. The molecular weight excluding hydrogens is 172 g/mol. The molecule has 0 bridgehead atoms. The van der Waals surface area contributed by atoms with Gasteiger partial charge in [-0.15, -0.1) is 0 Å². The summed E-state index contributed by atoms with van der Waals surface area (Å²) in [7, 11) is 1.56. The van der Waals surface area contributed by atoms with Gasteiger partial charge < -0.3 is 9.68 Å². The van der Waals surface area contributed by atoms with Crippen LogP contribution in [0.2, 0.25) is 0 Å². The van der Waals surface area contributed by atoms with Gasteiger partial charge in [-0.2, -0.15) is 5.01 Å². The topological polar surface area (TPSA) is 49.3 Å². The van der Waals surface area contributed by atoms with Gasteiger partial charge in [0.05, 0.1) is 18.5 Å².